The molecule has 0 aromatic carbocycles. The summed E-state index contributed by atoms with van der Waals surface area (Å²) < 4.78 is 4.25. The van der Waals surface area contributed by atoms with Gasteiger partial charge >= 0.3 is 5.97 Å². The molecule has 0 heterocycles. The van der Waals surface area contributed by atoms with Crippen molar-refractivity contribution in [2.45, 2.75) is 0 Å². The van der Waals surface area contributed by atoms with E-state index in [0.29, 0.717) is 6.41 Å². The molecular weight excluding hydrogens is 136 g/mol. The summed E-state index contributed by atoms with van der Waals surface area (Å²) in [5.41, 5.74) is 4.88. The maximum atomic E-state index is 10.5. The van der Waals surface area contributed by atoms with Gasteiger partial charge < -0.3 is 15.8 Å². The fraction of sp³-hybridized carbons (Fsp3) is 0.200. The Balaban J connectivity index is 4.08. The number of nitrogens with two attached hydrogens (primary N) is 1. The summed E-state index contributed by atoms with van der Waals surface area (Å²) in [6.07, 6.45) is 1.30. The molecule has 0 aromatic heterocycles. The zero-order valence-corrected chi connectivity index (χ0v) is 5.46. The van der Waals surface area contributed by atoms with Crippen LogP contribution < -0.4 is 11.1 Å². The second-order valence-corrected chi connectivity index (χ2v) is 1.33. The van der Waals surface area contributed by atoms with E-state index in [-0.39, 0.29) is 5.70 Å². The van der Waals surface area contributed by atoms with Gasteiger partial charge in [-0.05, 0) is 0 Å². The lowest BCUT2D eigenvalue weighted by Crippen LogP contribution is -2.21. The van der Waals surface area contributed by atoms with Gasteiger partial charge in [0.15, 0.2) is 0 Å². The molecule has 3 N–H and O–H groups in total. The van der Waals surface area contributed by atoms with Crippen LogP contribution in [-0.2, 0) is 14.3 Å². The van der Waals surface area contributed by atoms with E-state index >= 15 is 0 Å². The minimum absolute atomic E-state index is 0.0718. The van der Waals surface area contributed by atoms with Gasteiger partial charge in [-0.1, -0.05) is 0 Å². The van der Waals surface area contributed by atoms with Gasteiger partial charge in [0.05, 0.1) is 7.11 Å². The van der Waals surface area contributed by atoms with Gasteiger partial charge in [0.1, 0.15) is 5.70 Å². The lowest BCUT2D eigenvalue weighted by atomic mass is 10.5. The molecule has 56 valence electrons. The Hall–Kier alpha value is -1.52. The summed E-state index contributed by atoms with van der Waals surface area (Å²) in [6.45, 7) is 0. The third kappa shape index (κ3) is 2.17. The standard InChI is InChI=1S/C5H8N2O3/c1-10-5(9)4(2-6)7-3-8/h2-3H,6H2,1H3,(H,7,8)/b4-2+. The van der Waals surface area contributed by atoms with E-state index in [1.807, 2.05) is 0 Å². The highest BCUT2D eigenvalue weighted by molar-refractivity contribution is 5.89. The summed E-state index contributed by atoms with van der Waals surface area (Å²) in [5, 5.41) is 2.06. The van der Waals surface area contributed by atoms with Crippen molar-refractivity contribution in [3.63, 3.8) is 0 Å². The van der Waals surface area contributed by atoms with Crippen molar-refractivity contribution in [2.75, 3.05) is 7.11 Å². The molecule has 0 bridgehead atoms. The Labute approximate surface area is 57.8 Å². The normalized spacial score (nSPS) is 10.3. The second kappa shape index (κ2) is 4.37. The summed E-state index contributed by atoms with van der Waals surface area (Å²) in [5.74, 6) is -0.672. The number of nitrogens with one attached hydrogen (secondary N) is 1. The molecule has 0 saturated heterocycles. The number of hydrogen-bond acceptors (Lipinski definition) is 4. The molecule has 5 heteroatoms. The van der Waals surface area contributed by atoms with Crippen LogP contribution in [0.4, 0.5) is 0 Å². The zero-order valence-electron chi connectivity index (χ0n) is 5.46. The first-order chi connectivity index (χ1) is 4.76. The van der Waals surface area contributed by atoms with Crippen LogP contribution in [0.2, 0.25) is 0 Å². The maximum absolute atomic E-state index is 10.5. The van der Waals surface area contributed by atoms with Crippen molar-refractivity contribution >= 4 is 12.4 Å². The fourth-order valence-electron chi connectivity index (χ4n) is 0.349. The van der Waals surface area contributed by atoms with Crippen molar-refractivity contribution in [1.82, 2.24) is 5.32 Å². The molecule has 0 aliphatic carbocycles. The molecular formula is C5H8N2O3. The molecule has 0 aliphatic heterocycles. The Kier molecular flexibility index (Phi) is 3.70. The van der Waals surface area contributed by atoms with Crippen molar-refractivity contribution < 1.29 is 14.3 Å². The summed E-state index contributed by atoms with van der Waals surface area (Å²) in [6, 6.07) is 0. The van der Waals surface area contributed by atoms with Crippen molar-refractivity contribution in [2.24, 2.45) is 5.73 Å². The summed E-state index contributed by atoms with van der Waals surface area (Å²) >= 11 is 0. The minimum Gasteiger partial charge on any atom is -0.464 e. The third-order valence-corrected chi connectivity index (χ3v) is 0.786. The molecule has 5 nitrogen and oxygen atoms in total. The van der Waals surface area contributed by atoms with E-state index in [9.17, 15) is 9.59 Å². The van der Waals surface area contributed by atoms with Crippen molar-refractivity contribution in [1.29, 1.82) is 0 Å². The second-order valence-electron chi connectivity index (χ2n) is 1.33. The van der Waals surface area contributed by atoms with Gasteiger partial charge in [0.2, 0.25) is 6.41 Å². The molecule has 0 aromatic rings. The lowest BCUT2D eigenvalue weighted by molar-refractivity contribution is -0.137. The van der Waals surface area contributed by atoms with Crippen LogP contribution in [0.1, 0.15) is 0 Å². The number of methoxy groups -OCH3 is 1. The van der Waals surface area contributed by atoms with Crippen molar-refractivity contribution in [3.05, 3.63) is 11.9 Å². The van der Waals surface area contributed by atoms with E-state index in [1.54, 1.807) is 0 Å². The summed E-state index contributed by atoms with van der Waals surface area (Å²) in [4.78, 5) is 20.3. The van der Waals surface area contributed by atoms with Gasteiger partial charge in [-0.15, -0.1) is 0 Å². The molecule has 1 amide bonds. The fourth-order valence-corrected chi connectivity index (χ4v) is 0.349. The van der Waals surface area contributed by atoms with Crippen LogP contribution in [0.25, 0.3) is 0 Å². The highest BCUT2D eigenvalue weighted by atomic mass is 16.5. The molecule has 0 aliphatic rings. The predicted molar refractivity (Wildman–Crippen MR) is 33.5 cm³/mol. The highest BCUT2D eigenvalue weighted by Crippen LogP contribution is 1.86. The maximum Gasteiger partial charge on any atom is 0.356 e. The molecule has 0 fully saturated rings. The Morgan fingerprint density at radius 3 is 2.60 bits per heavy atom. The SMILES string of the molecule is COC(=O)/C(=C\N)NC=O. The molecule has 0 unspecified atom stereocenters. The number of carbonyl (C=O) groups is 2. The third-order valence-electron chi connectivity index (χ3n) is 0.786. The van der Waals surface area contributed by atoms with Gasteiger partial charge in [-0.3, -0.25) is 4.79 Å². The first-order valence-corrected chi connectivity index (χ1v) is 2.46. The number of ether oxygens (including phenoxy) is 1. The number of esters is 1. The van der Waals surface area contributed by atoms with E-state index < -0.39 is 5.97 Å². The van der Waals surface area contributed by atoms with Gasteiger partial charge in [-0.25, -0.2) is 4.79 Å². The van der Waals surface area contributed by atoms with E-state index in [2.05, 4.69) is 10.1 Å². The lowest BCUT2D eigenvalue weighted by Gasteiger charge is -1.99. The van der Waals surface area contributed by atoms with Gasteiger partial charge in [0, 0.05) is 6.20 Å². The zero-order chi connectivity index (χ0) is 7.98. The minimum atomic E-state index is -0.672. The molecule has 0 rings (SSSR count). The van der Waals surface area contributed by atoms with E-state index in [4.69, 9.17) is 5.73 Å². The molecule has 0 atom stereocenters. The number of hydrogen-bond donors (Lipinski definition) is 2. The Morgan fingerprint density at radius 1 is 1.70 bits per heavy atom. The Morgan fingerprint density at radius 2 is 2.30 bits per heavy atom. The van der Waals surface area contributed by atoms with Gasteiger partial charge in [0.25, 0.3) is 0 Å². The van der Waals surface area contributed by atoms with Crippen LogP contribution in [0.5, 0.6) is 0 Å². The first kappa shape index (κ1) is 8.48. The smallest absolute Gasteiger partial charge is 0.356 e. The molecule has 10 heavy (non-hydrogen) atoms. The molecule has 0 radical (unpaired) electrons. The van der Waals surface area contributed by atoms with Crippen LogP contribution in [0.15, 0.2) is 11.9 Å². The Bertz CT molecular complexity index is 164. The highest BCUT2D eigenvalue weighted by Gasteiger charge is 2.05. The van der Waals surface area contributed by atoms with Crippen LogP contribution >= 0.6 is 0 Å². The first-order valence-electron chi connectivity index (χ1n) is 2.46. The number of rotatable bonds is 3. The monoisotopic (exact) mass is 144 g/mol. The molecule has 0 spiro atoms. The molecule has 0 saturated carbocycles. The summed E-state index contributed by atoms with van der Waals surface area (Å²) in [7, 11) is 1.19. The van der Waals surface area contributed by atoms with Crippen LogP contribution in [0.3, 0.4) is 0 Å². The van der Waals surface area contributed by atoms with Gasteiger partial charge in [-0.2, -0.15) is 0 Å². The van der Waals surface area contributed by atoms with E-state index in [0.717, 1.165) is 6.20 Å². The van der Waals surface area contributed by atoms with Crippen LogP contribution in [0, 0.1) is 0 Å². The largest absolute Gasteiger partial charge is 0.464 e. The van der Waals surface area contributed by atoms with Crippen molar-refractivity contribution in [3.8, 4) is 0 Å². The average molecular weight is 144 g/mol. The topological polar surface area (TPSA) is 81.4 Å². The van der Waals surface area contributed by atoms with Crippen LogP contribution in [-0.4, -0.2) is 19.5 Å². The predicted octanol–water partition coefficient (Wildman–Crippen LogP) is -1.29. The number of carbonyl (C=O) groups excluding carboxylic acids is 2. The number of amides is 1. The quantitative estimate of drug-likeness (QED) is 0.293. The average Bonchev–Trinajstić information content (AvgIpc) is 1.99. The van der Waals surface area contributed by atoms with E-state index in [1.165, 1.54) is 7.11 Å².